The lowest BCUT2D eigenvalue weighted by atomic mass is 10.0. The third-order valence-corrected chi connectivity index (χ3v) is 6.65. The number of aromatic nitrogens is 4. The van der Waals surface area contributed by atoms with Crippen molar-refractivity contribution in [1.29, 1.82) is 0 Å². The summed E-state index contributed by atoms with van der Waals surface area (Å²) in [5.74, 6) is 2.51. The molecule has 0 bridgehead atoms. The zero-order valence-electron chi connectivity index (χ0n) is 19.1. The second kappa shape index (κ2) is 9.29. The molecule has 4 aromatic rings. The first-order chi connectivity index (χ1) is 16.5. The molecule has 1 saturated heterocycles. The van der Waals surface area contributed by atoms with Crippen molar-refractivity contribution in [3.8, 4) is 28.7 Å². The number of nitrogens with zero attached hydrogens (tertiary/aromatic N) is 4. The Balaban J connectivity index is 1.77. The number of methoxy groups -OCH3 is 2. The van der Waals surface area contributed by atoms with Gasteiger partial charge in [-0.3, -0.25) is 0 Å². The molecule has 0 aliphatic carbocycles. The number of hydrogen-bond acceptors (Lipinski definition) is 6. The lowest BCUT2D eigenvalue weighted by Gasteiger charge is -2.23. The van der Waals surface area contributed by atoms with E-state index in [0.717, 1.165) is 40.8 Å². The first-order valence-corrected chi connectivity index (χ1v) is 11.6. The van der Waals surface area contributed by atoms with Crippen molar-refractivity contribution in [1.82, 2.24) is 15.2 Å². The summed E-state index contributed by atoms with van der Waals surface area (Å²) in [6.07, 6.45) is 0. The highest BCUT2D eigenvalue weighted by molar-refractivity contribution is 6.42. The molecule has 0 amide bonds. The van der Waals surface area contributed by atoms with Gasteiger partial charge in [-0.25, -0.2) is 0 Å². The first-order valence-electron chi connectivity index (χ1n) is 10.8. The lowest BCUT2D eigenvalue weighted by Crippen LogP contribution is -2.39. The Kier molecular flexibility index (Phi) is 6.20. The first kappa shape index (κ1) is 22.7. The fraction of sp³-hybridized carbons (Fsp3) is 0.292. The second-order valence-electron chi connectivity index (χ2n) is 7.95. The molecule has 34 heavy (non-hydrogen) atoms. The maximum Gasteiger partial charge on any atom is 0.424 e. The molecule has 176 valence electrons. The highest BCUT2D eigenvalue weighted by Gasteiger charge is 2.27. The third-order valence-electron chi connectivity index (χ3n) is 5.91. The van der Waals surface area contributed by atoms with Gasteiger partial charge in [0.2, 0.25) is 0 Å². The summed E-state index contributed by atoms with van der Waals surface area (Å²) >= 11 is 12.7. The number of anilines is 1. The van der Waals surface area contributed by atoms with Crippen LogP contribution in [-0.2, 0) is 4.74 Å². The van der Waals surface area contributed by atoms with Crippen LogP contribution in [0.1, 0.15) is 5.69 Å². The minimum atomic E-state index is 0.465. The summed E-state index contributed by atoms with van der Waals surface area (Å²) in [6.45, 7) is 4.82. The van der Waals surface area contributed by atoms with Crippen molar-refractivity contribution in [2.24, 2.45) is 0 Å². The average Bonchev–Trinajstić information content (AvgIpc) is 3.34. The number of ether oxygens (including phenoxy) is 3. The molecule has 1 aliphatic heterocycles. The van der Waals surface area contributed by atoms with E-state index in [1.54, 1.807) is 20.3 Å². The van der Waals surface area contributed by atoms with Gasteiger partial charge < -0.3 is 19.1 Å². The topological polar surface area (TPSA) is 76.4 Å². The number of nitrogens with one attached hydrogen (secondary N) is 1. The predicted molar refractivity (Wildman–Crippen MR) is 132 cm³/mol. The van der Waals surface area contributed by atoms with Gasteiger partial charge in [0.1, 0.15) is 5.69 Å². The Hall–Kier alpha value is -3.07. The number of halogens is 2. The number of aromatic amines is 1. The van der Waals surface area contributed by atoms with Crippen LogP contribution in [0.3, 0.4) is 0 Å². The van der Waals surface area contributed by atoms with Crippen molar-refractivity contribution in [2.75, 3.05) is 45.4 Å². The standard InChI is InChI=1S/C24H24Cl2N5O3/c1-14-10-16-12-20(32-2)21(33-3)13-17(16)22(15-4-5-18(25)19(26)11-15)31(14)24-27-23(28-29-24)30-6-8-34-9-7-30/h4-5,10-13H,6-9H2,1-3H3,(H,27,28,29)/q+1. The van der Waals surface area contributed by atoms with Crippen LogP contribution in [0.2, 0.25) is 10.0 Å². The van der Waals surface area contributed by atoms with Gasteiger partial charge >= 0.3 is 11.9 Å². The number of hydrogen-bond donors (Lipinski definition) is 1. The Bertz CT molecular complexity index is 1370. The van der Waals surface area contributed by atoms with Gasteiger partial charge in [-0.05, 0) is 53.7 Å². The maximum atomic E-state index is 6.42. The number of aryl methyl sites for hydroxylation is 1. The SMILES string of the molecule is COc1cc2cc(C)[n+](-c3nc(N4CCOCC4)n[nH]3)c(-c3ccc(Cl)c(Cl)c3)c2cc1OC. The Morgan fingerprint density at radius 1 is 1.00 bits per heavy atom. The summed E-state index contributed by atoms with van der Waals surface area (Å²) < 4.78 is 18.6. The van der Waals surface area contributed by atoms with Crippen molar-refractivity contribution >= 4 is 39.9 Å². The molecule has 0 saturated carbocycles. The van der Waals surface area contributed by atoms with E-state index in [2.05, 4.69) is 21.2 Å². The van der Waals surface area contributed by atoms with E-state index < -0.39 is 0 Å². The van der Waals surface area contributed by atoms with Crippen LogP contribution in [-0.4, -0.2) is 55.7 Å². The molecule has 8 nitrogen and oxygen atoms in total. The summed E-state index contributed by atoms with van der Waals surface area (Å²) in [5.41, 5.74) is 2.70. The van der Waals surface area contributed by atoms with E-state index in [1.165, 1.54) is 0 Å². The Labute approximate surface area is 207 Å². The van der Waals surface area contributed by atoms with Crippen LogP contribution < -0.4 is 18.9 Å². The highest BCUT2D eigenvalue weighted by atomic mass is 35.5. The number of morpholine rings is 1. The van der Waals surface area contributed by atoms with Crippen LogP contribution in [0, 0.1) is 6.92 Å². The zero-order valence-corrected chi connectivity index (χ0v) is 20.6. The third kappa shape index (κ3) is 4.02. The van der Waals surface area contributed by atoms with Gasteiger partial charge in [0.25, 0.3) is 0 Å². The molecule has 2 aromatic heterocycles. The minimum Gasteiger partial charge on any atom is -0.493 e. The van der Waals surface area contributed by atoms with E-state index in [1.807, 2.05) is 35.8 Å². The number of rotatable bonds is 5. The zero-order chi connectivity index (χ0) is 23.8. The molecule has 1 aliphatic rings. The highest BCUT2D eigenvalue weighted by Crippen LogP contribution is 2.37. The van der Waals surface area contributed by atoms with Crippen LogP contribution in [0.25, 0.3) is 28.0 Å². The average molecular weight is 501 g/mol. The van der Waals surface area contributed by atoms with Gasteiger partial charge in [0.05, 0.1) is 43.2 Å². The van der Waals surface area contributed by atoms with Crippen LogP contribution in [0.15, 0.2) is 36.4 Å². The summed E-state index contributed by atoms with van der Waals surface area (Å²) in [6, 6.07) is 11.6. The molecular formula is C24H24Cl2N5O3+. The normalized spacial score (nSPS) is 14.0. The Morgan fingerprint density at radius 2 is 1.74 bits per heavy atom. The van der Waals surface area contributed by atoms with E-state index >= 15 is 0 Å². The van der Waals surface area contributed by atoms with E-state index in [9.17, 15) is 0 Å². The van der Waals surface area contributed by atoms with Crippen molar-refractivity contribution in [3.63, 3.8) is 0 Å². The molecule has 1 N–H and O–H groups in total. The molecule has 0 atom stereocenters. The monoisotopic (exact) mass is 500 g/mol. The van der Waals surface area contributed by atoms with E-state index in [0.29, 0.717) is 46.7 Å². The number of fused-ring (bicyclic) bond motifs is 1. The Morgan fingerprint density at radius 3 is 2.44 bits per heavy atom. The predicted octanol–water partition coefficient (Wildman–Crippen LogP) is 4.37. The van der Waals surface area contributed by atoms with Crippen LogP contribution >= 0.6 is 23.2 Å². The van der Waals surface area contributed by atoms with Crippen LogP contribution in [0.5, 0.6) is 11.5 Å². The molecule has 10 heteroatoms. The van der Waals surface area contributed by atoms with Crippen molar-refractivity contribution < 1.29 is 18.8 Å². The van der Waals surface area contributed by atoms with E-state index in [4.69, 9.17) is 42.4 Å². The van der Waals surface area contributed by atoms with Gasteiger partial charge in [-0.1, -0.05) is 28.3 Å². The van der Waals surface area contributed by atoms with Gasteiger partial charge in [0, 0.05) is 24.0 Å². The molecule has 0 radical (unpaired) electrons. The molecule has 3 heterocycles. The fourth-order valence-corrected chi connectivity index (χ4v) is 4.55. The van der Waals surface area contributed by atoms with Gasteiger partial charge in [-0.2, -0.15) is 4.57 Å². The van der Waals surface area contributed by atoms with Crippen LogP contribution in [0.4, 0.5) is 5.95 Å². The lowest BCUT2D eigenvalue weighted by molar-refractivity contribution is -0.597. The maximum absolute atomic E-state index is 6.42. The van der Waals surface area contributed by atoms with Gasteiger partial charge in [0.15, 0.2) is 11.5 Å². The van der Waals surface area contributed by atoms with Crippen molar-refractivity contribution in [2.45, 2.75) is 6.92 Å². The summed E-state index contributed by atoms with van der Waals surface area (Å²) in [4.78, 5) is 6.93. The molecule has 5 rings (SSSR count). The number of pyridine rings is 1. The molecular weight excluding hydrogens is 477 g/mol. The number of benzene rings is 2. The molecule has 0 unspecified atom stereocenters. The number of H-pyrrole nitrogens is 1. The van der Waals surface area contributed by atoms with E-state index in [-0.39, 0.29) is 0 Å². The quantitative estimate of drug-likeness (QED) is 0.410. The van der Waals surface area contributed by atoms with Crippen molar-refractivity contribution in [3.05, 3.63) is 52.1 Å². The fourth-order valence-electron chi connectivity index (χ4n) is 4.26. The summed E-state index contributed by atoms with van der Waals surface area (Å²) in [7, 11) is 3.25. The molecule has 2 aromatic carbocycles. The molecule has 1 fully saturated rings. The second-order valence-corrected chi connectivity index (χ2v) is 8.77. The molecule has 0 spiro atoms. The smallest absolute Gasteiger partial charge is 0.424 e. The summed E-state index contributed by atoms with van der Waals surface area (Å²) in [5, 5.41) is 10.5. The van der Waals surface area contributed by atoms with Gasteiger partial charge in [-0.15, -0.1) is 5.10 Å². The largest absolute Gasteiger partial charge is 0.493 e. The minimum absolute atomic E-state index is 0.465.